The quantitative estimate of drug-likeness (QED) is 0.424. The second-order valence-electron chi connectivity index (χ2n) is 7.34. The van der Waals surface area contributed by atoms with Crippen molar-refractivity contribution in [2.24, 2.45) is 0 Å². The zero-order valence-corrected chi connectivity index (χ0v) is 15.9. The standard InChI is InChI=1S/C24H16N6/c1-2-8-18(28-20-10-4-6-12-22(20)30-24(28)14-16-26-30)17(7-1)27-19-9-3-5-11-21(19)29-23(27)13-15-25-29/h1-16H. The van der Waals surface area contributed by atoms with Gasteiger partial charge in [-0.25, -0.2) is 9.03 Å². The Morgan fingerprint density at radius 2 is 0.833 bits per heavy atom. The molecule has 7 aromatic rings. The summed E-state index contributed by atoms with van der Waals surface area (Å²) < 4.78 is 8.54. The van der Waals surface area contributed by atoms with Crippen LogP contribution in [0.25, 0.3) is 44.7 Å². The lowest BCUT2D eigenvalue weighted by Crippen LogP contribution is -2.03. The SMILES string of the molecule is c1ccc(-n2c3ccccc3n3nccc23)c(-n2c3ccccc3n3nccc23)c1. The summed E-state index contributed by atoms with van der Waals surface area (Å²) in [6.45, 7) is 0. The van der Waals surface area contributed by atoms with E-state index in [4.69, 9.17) is 0 Å². The number of rotatable bonds is 2. The van der Waals surface area contributed by atoms with E-state index < -0.39 is 0 Å². The fourth-order valence-corrected chi connectivity index (χ4v) is 4.56. The molecule has 30 heavy (non-hydrogen) atoms. The molecule has 142 valence electrons. The molecule has 0 spiro atoms. The van der Waals surface area contributed by atoms with E-state index in [1.165, 1.54) is 0 Å². The van der Waals surface area contributed by atoms with Crippen LogP contribution in [0.4, 0.5) is 0 Å². The van der Waals surface area contributed by atoms with Crippen LogP contribution in [0, 0.1) is 0 Å². The van der Waals surface area contributed by atoms with Gasteiger partial charge in [-0.1, -0.05) is 36.4 Å². The molecule has 0 N–H and O–H groups in total. The molecule has 7 rings (SSSR count). The Kier molecular flexibility index (Phi) is 2.91. The zero-order chi connectivity index (χ0) is 19.7. The van der Waals surface area contributed by atoms with Crippen LogP contribution in [-0.2, 0) is 0 Å². The largest absolute Gasteiger partial charge is 0.291 e. The van der Waals surface area contributed by atoms with Gasteiger partial charge in [-0.05, 0) is 36.4 Å². The van der Waals surface area contributed by atoms with Gasteiger partial charge in [-0.3, -0.25) is 9.13 Å². The van der Waals surface area contributed by atoms with Crippen LogP contribution in [0.2, 0.25) is 0 Å². The van der Waals surface area contributed by atoms with Gasteiger partial charge in [0.15, 0.2) is 0 Å². The zero-order valence-electron chi connectivity index (χ0n) is 15.9. The summed E-state index contributed by atoms with van der Waals surface area (Å²) >= 11 is 0. The smallest absolute Gasteiger partial charge is 0.141 e. The van der Waals surface area contributed by atoms with Crippen LogP contribution in [0.1, 0.15) is 0 Å². The van der Waals surface area contributed by atoms with E-state index in [-0.39, 0.29) is 0 Å². The molecule has 6 heteroatoms. The molecule has 0 amide bonds. The first kappa shape index (κ1) is 15.6. The van der Waals surface area contributed by atoms with Crippen molar-refractivity contribution < 1.29 is 0 Å². The van der Waals surface area contributed by atoms with Crippen LogP contribution < -0.4 is 0 Å². The van der Waals surface area contributed by atoms with Crippen LogP contribution in [-0.4, -0.2) is 28.4 Å². The predicted octanol–water partition coefficient (Wildman–Crippen LogP) is 4.87. The highest BCUT2D eigenvalue weighted by Crippen LogP contribution is 2.32. The van der Waals surface area contributed by atoms with E-state index in [2.05, 4.69) is 104 Å². The molecule has 0 radical (unpaired) electrons. The van der Waals surface area contributed by atoms with Gasteiger partial charge < -0.3 is 0 Å². The van der Waals surface area contributed by atoms with Crippen LogP contribution in [0.5, 0.6) is 0 Å². The number of para-hydroxylation sites is 6. The van der Waals surface area contributed by atoms with E-state index in [0.29, 0.717) is 0 Å². The number of nitrogens with zero attached hydrogens (tertiary/aromatic N) is 6. The highest BCUT2D eigenvalue weighted by atomic mass is 15.3. The lowest BCUT2D eigenvalue weighted by atomic mass is 10.2. The Morgan fingerprint density at radius 3 is 1.30 bits per heavy atom. The monoisotopic (exact) mass is 388 g/mol. The minimum absolute atomic E-state index is 1.03. The van der Waals surface area contributed by atoms with Crippen molar-refractivity contribution in [2.75, 3.05) is 0 Å². The van der Waals surface area contributed by atoms with Crippen molar-refractivity contribution in [1.29, 1.82) is 0 Å². The van der Waals surface area contributed by atoms with E-state index >= 15 is 0 Å². The number of imidazole rings is 2. The molecule has 0 saturated carbocycles. The van der Waals surface area contributed by atoms with E-state index in [1.54, 1.807) is 0 Å². The molecule has 0 aliphatic heterocycles. The van der Waals surface area contributed by atoms with Gasteiger partial charge in [0, 0.05) is 12.1 Å². The molecule has 0 bridgehead atoms. The third-order valence-electron chi connectivity index (χ3n) is 5.77. The molecule has 0 saturated heterocycles. The van der Waals surface area contributed by atoms with Gasteiger partial charge in [0.05, 0.1) is 45.8 Å². The van der Waals surface area contributed by atoms with Crippen molar-refractivity contribution in [3.05, 3.63) is 97.3 Å². The summed E-state index contributed by atoms with van der Waals surface area (Å²) in [6.07, 6.45) is 3.70. The van der Waals surface area contributed by atoms with Gasteiger partial charge in [0.25, 0.3) is 0 Å². The third kappa shape index (κ3) is 1.87. The fraction of sp³-hybridized carbons (Fsp3) is 0. The average Bonchev–Trinajstić information content (AvgIpc) is 3.55. The average molecular weight is 388 g/mol. The van der Waals surface area contributed by atoms with Crippen molar-refractivity contribution in [1.82, 2.24) is 28.4 Å². The summed E-state index contributed by atoms with van der Waals surface area (Å²) in [4.78, 5) is 0. The lowest BCUT2D eigenvalue weighted by Gasteiger charge is -2.14. The number of hydrogen-bond acceptors (Lipinski definition) is 2. The van der Waals surface area contributed by atoms with Crippen LogP contribution in [0.15, 0.2) is 97.3 Å². The van der Waals surface area contributed by atoms with Crippen LogP contribution in [0.3, 0.4) is 0 Å². The Balaban J connectivity index is 1.65. The predicted molar refractivity (Wildman–Crippen MR) is 118 cm³/mol. The summed E-state index contributed by atoms with van der Waals surface area (Å²) in [7, 11) is 0. The van der Waals surface area contributed by atoms with Crippen molar-refractivity contribution in [3.63, 3.8) is 0 Å². The molecule has 4 heterocycles. The summed E-state index contributed by atoms with van der Waals surface area (Å²) in [5, 5.41) is 9.10. The molecular formula is C24H16N6. The van der Waals surface area contributed by atoms with Gasteiger partial charge in [0.1, 0.15) is 11.3 Å². The van der Waals surface area contributed by atoms with E-state index in [9.17, 15) is 0 Å². The number of benzene rings is 3. The van der Waals surface area contributed by atoms with E-state index in [1.807, 2.05) is 21.4 Å². The second kappa shape index (κ2) is 5.61. The first-order valence-corrected chi connectivity index (χ1v) is 9.88. The molecule has 0 fully saturated rings. The Bertz CT molecular complexity index is 1580. The Labute approximate surface area is 170 Å². The molecule has 0 aliphatic carbocycles. The Morgan fingerprint density at radius 1 is 0.433 bits per heavy atom. The molecule has 0 aliphatic rings. The second-order valence-corrected chi connectivity index (χ2v) is 7.34. The summed E-state index contributed by atoms with van der Waals surface area (Å²) in [5.74, 6) is 0. The van der Waals surface area contributed by atoms with Crippen molar-refractivity contribution >= 4 is 33.4 Å². The minimum Gasteiger partial charge on any atom is -0.291 e. The first-order chi connectivity index (χ1) is 14.9. The summed E-state index contributed by atoms with van der Waals surface area (Å²) in [5.41, 5.74) is 8.65. The van der Waals surface area contributed by atoms with Crippen molar-refractivity contribution in [2.45, 2.75) is 0 Å². The highest BCUT2D eigenvalue weighted by molar-refractivity contribution is 5.88. The molecule has 4 aromatic heterocycles. The molecule has 6 nitrogen and oxygen atoms in total. The molecule has 0 unspecified atom stereocenters. The van der Waals surface area contributed by atoms with Gasteiger partial charge >= 0.3 is 0 Å². The third-order valence-corrected chi connectivity index (χ3v) is 5.77. The number of fused-ring (bicyclic) bond motifs is 6. The molecular weight excluding hydrogens is 372 g/mol. The van der Waals surface area contributed by atoms with Crippen molar-refractivity contribution in [3.8, 4) is 11.4 Å². The normalized spacial score (nSPS) is 12.0. The van der Waals surface area contributed by atoms with Gasteiger partial charge in [0.2, 0.25) is 0 Å². The number of aromatic nitrogens is 6. The minimum atomic E-state index is 1.03. The lowest BCUT2D eigenvalue weighted by molar-refractivity contribution is 0.979. The summed E-state index contributed by atoms with van der Waals surface area (Å²) in [6, 6.07) is 29.3. The van der Waals surface area contributed by atoms with Crippen LogP contribution >= 0.6 is 0 Å². The Hall–Kier alpha value is -4.32. The maximum Gasteiger partial charge on any atom is 0.141 e. The van der Waals surface area contributed by atoms with Gasteiger partial charge in [-0.15, -0.1) is 0 Å². The fourth-order valence-electron chi connectivity index (χ4n) is 4.56. The maximum absolute atomic E-state index is 4.55. The van der Waals surface area contributed by atoms with Gasteiger partial charge in [-0.2, -0.15) is 10.2 Å². The van der Waals surface area contributed by atoms with E-state index in [0.717, 1.165) is 44.7 Å². The molecule has 3 aromatic carbocycles. The topological polar surface area (TPSA) is 44.5 Å². The highest BCUT2D eigenvalue weighted by Gasteiger charge is 2.19. The number of hydrogen-bond donors (Lipinski definition) is 0. The molecule has 0 atom stereocenters. The maximum atomic E-state index is 4.55. The first-order valence-electron chi connectivity index (χ1n) is 9.88.